The fraction of sp³-hybridized carbons (Fsp3) is 1.00. The van der Waals surface area contributed by atoms with Crippen LogP contribution >= 0.6 is 0 Å². The summed E-state index contributed by atoms with van der Waals surface area (Å²) >= 11 is 0. The van der Waals surface area contributed by atoms with Gasteiger partial charge in [-0.15, -0.1) is 0 Å². The van der Waals surface area contributed by atoms with E-state index >= 15 is 0 Å². The molecule has 0 aromatic carbocycles. The summed E-state index contributed by atoms with van der Waals surface area (Å²) in [6.07, 6.45) is 1.38. The third kappa shape index (κ3) is 6.46. The normalized spacial score (nSPS) is 14.8. The molecular weight excluding hydrogens is 200 g/mol. The smallest absolute Gasteiger partial charge is 0.0697 e. The molecule has 0 amide bonds. The maximum Gasteiger partial charge on any atom is 0.0697 e. The van der Waals surface area contributed by atoms with Crippen molar-refractivity contribution < 1.29 is 4.74 Å². The van der Waals surface area contributed by atoms with Crippen LogP contribution in [-0.2, 0) is 4.74 Å². The molecule has 0 aliphatic heterocycles. The summed E-state index contributed by atoms with van der Waals surface area (Å²) in [6.45, 7) is 12.6. The van der Waals surface area contributed by atoms with Gasteiger partial charge in [0.1, 0.15) is 0 Å². The maximum atomic E-state index is 5.96. The first-order valence-electron chi connectivity index (χ1n) is 6.32. The Kier molecular flexibility index (Phi) is 7.20. The van der Waals surface area contributed by atoms with E-state index in [0.29, 0.717) is 12.1 Å². The summed E-state index contributed by atoms with van der Waals surface area (Å²) in [5, 5.41) is 3.42. The van der Waals surface area contributed by atoms with Crippen LogP contribution < -0.4 is 5.32 Å². The summed E-state index contributed by atoms with van der Waals surface area (Å²) in [7, 11) is 4.19. The second kappa shape index (κ2) is 7.25. The zero-order valence-electron chi connectivity index (χ0n) is 12.1. The van der Waals surface area contributed by atoms with Gasteiger partial charge in [0.25, 0.3) is 0 Å². The van der Waals surface area contributed by atoms with E-state index in [0.717, 1.165) is 19.6 Å². The van der Waals surface area contributed by atoms with Crippen molar-refractivity contribution in [2.75, 3.05) is 27.2 Å². The molecule has 0 radical (unpaired) electrons. The number of hydrogen-bond acceptors (Lipinski definition) is 3. The van der Waals surface area contributed by atoms with Gasteiger partial charge in [-0.25, -0.2) is 0 Å². The van der Waals surface area contributed by atoms with Crippen molar-refractivity contribution in [1.82, 2.24) is 10.2 Å². The van der Waals surface area contributed by atoms with Crippen LogP contribution in [-0.4, -0.2) is 49.8 Å². The number of nitrogens with one attached hydrogen (secondary N) is 1. The van der Waals surface area contributed by atoms with Crippen molar-refractivity contribution in [2.24, 2.45) is 0 Å². The minimum Gasteiger partial charge on any atom is -0.375 e. The Hall–Kier alpha value is -0.120. The first kappa shape index (κ1) is 15.9. The van der Waals surface area contributed by atoms with Gasteiger partial charge in [0.2, 0.25) is 0 Å². The molecule has 16 heavy (non-hydrogen) atoms. The Bertz CT molecular complexity index is 179. The second-order valence-corrected chi connectivity index (χ2v) is 5.61. The Morgan fingerprint density at radius 1 is 1.25 bits per heavy atom. The lowest BCUT2D eigenvalue weighted by atomic mass is 10.1. The van der Waals surface area contributed by atoms with Gasteiger partial charge in [0.15, 0.2) is 0 Å². The van der Waals surface area contributed by atoms with Gasteiger partial charge >= 0.3 is 0 Å². The van der Waals surface area contributed by atoms with Gasteiger partial charge in [0.05, 0.1) is 12.7 Å². The van der Waals surface area contributed by atoms with Crippen LogP contribution in [0.2, 0.25) is 0 Å². The molecule has 3 nitrogen and oxygen atoms in total. The predicted octanol–water partition coefficient (Wildman–Crippen LogP) is 2.12. The van der Waals surface area contributed by atoms with Crippen LogP contribution in [0.15, 0.2) is 0 Å². The number of hydrogen-bond donors (Lipinski definition) is 1. The highest BCUT2D eigenvalue weighted by molar-refractivity contribution is 4.77. The van der Waals surface area contributed by atoms with E-state index in [2.05, 4.69) is 58.9 Å². The van der Waals surface area contributed by atoms with E-state index < -0.39 is 0 Å². The van der Waals surface area contributed by atoms with Gasteiger partial charge in [-0.05, 0) is 34.4 Å². The Morgan fingerprint density at radius 3 is 2.19 bits per heavy atom. The number of likely N-dealkylation sites (N-methyl/N-ethyl adjacent to an activating group) is 1. The quantitative estimate of drug-likeness (QED) is 0.691. The molecule has 0 aliphatic carbocycles. The molecule has 98 valence electrons. The zero-order valence-corrected chi connectivity index (χ0v) is 12.1. The van der Waals surface area contributed by atoms with Crippen molar-refractivity contribution in [3.05, 3.63) is 0 Å². The lowest BCUT2D eigenvalue weighted by Gasteiger charge is -2.33. The maximum absolute atomic E-state index is 5.96. The van der Waals surface area contributed by atoms with Crippen LogP contribution in [0, 0.1) is 0 Å². The molecule has 0 aromatic rings. The standard InChI is InChI=1S/C13H30N2O/c1-8-12(9-14-11(2)3)16-10-13(4,5)15(6)7/h11-12,14H,8-10H2,1-7H3. The molecule has 0 heterocycles. The molecule has 0 fully saturated rings. The monoisotopic (exact) mass is 230 g/mol. The third-order valence-electron chi connectivity index (χ3n) is 3.09. The molecule has 0 bridgehead atoms. The van der Waals surface area contributed by atoms with Crippen molar-refractivity contribution in [2.45, 2.75) is 58.7 Å². The highest BCUT2D eigenvalue weighted by atomic mass is 16.5. The van der Waals surface area contributed by atoms with Gasteiger partial charge in [0, 0.05) is 18.1 Å². The largest absolute Gasteiger partial charge is 0.375 e. The van der Waals surface area contributed by atoms with Crippen molar-refractivity contribution >= 4 is 0 Å². The minimum absolute atomic E-state index is 0.102. The van der Waals surface area contributed by atoms with Crippen LogP contribution in [0.3, 0.4) is 0 Å². The molecule has 0 aromatic heterocycles. The molecular formula is C13H30N2O. The highest BCUT2D eigenvalue weighted by Gasteiger charge is 2.22. The van der Waals surface area contributed by atoms with Gasteiger partial charge in [-0.3, -0.25) is 0 Å². The van der Waals surface area contributed by atoms with E-state index in [1.54, 1.807) is 0 Å². The third-order valence-corrected chi connectivity index (χ3v) is 3.09. The van der Waals surface area contributed by atoms with E-state index in [1.807, 2.05) is 0 Å². The summed E-state index contributed by atoms with van der Waals surface area (Å²) in [5.41, 5.74) is 0.102. The molecule has 1 N–H and O–H groups in total. The van der Waals surface area contributed by atoms with Gasteiger partial charge in [-0.2, -0.15) is 0 Å². The summed E-state index contributed by atoms with van der Waals surface area (Å²) in [4.78, 5) is 2.20. The van der Waals surface area contributed by atoms with E-state index in [1.165, 1.54) is 0 Å². The summed E-state index contributed by atoms with van der Waals surface area (Å²) < 4.78 is 5.96. The summed E-state index contributed by atoms with van der Waals surface area (Å²) in [6, 6.07) is 0.527. The topological polar surface area (TPSA) is 24.5 Å². The molecule has 0 rings (SSSR count). The Balaban J connectivity index is 3.95. The lowest BCUT2D eigenvalue weighted by molar-refractivity contribution is -0.0129. The van der Waals surface area contributed by atoms with Crippen molar-refractivity contribution in [1.29, 1.82) is 0 Å². The Labute approximate surface area is 102 Å². The molecule has 0 saturated heterocycles. The van der Waals surface area contributed by atoms with Crippen molar-refractivity contribution in [3.63, 3.8) is 0 Å². The average Bonchev–Trinajstić information content (AvgIpc) is 2.17. The fourth-order valence-corrected chi connectivity index (χ4v) is 1.14. The van der Waals surface area contributed by atoms with Crippen LogP contribution in [0.5, 0.6) is 0 Å². The SMILES string of the molecule is CCC(CNC(C)C)OCC(C)(C)N(C)C. The van der Waals surface area contributed by atoms with Crippen molar-refractivity contribution in [3.8, 4) is 0 Å². The van der Waals surface area contributed by atoms with E-state index in [9.17, 15) is 0 Å². The Morgan fingerprint density at radius 2 is 1.81 bits per heavy atom. The average molecular weight is 230 g/mol. The predicted molar refractivity (Wildman–Crippen MR) is 70.9 cm³/mol. The lowest BCUT2D eigenvalue weighted by Crippen LogP contribution is -2.44. The van der Waals surface area contributed by atoms with Gasteiger partial charge in [-0.1, -0.05) is 20.8 Å². The van der Waals surface area contributed by atoms with Crippen LogP contribution in [0.4, 0.5) is 0 Å². The molecule has 3 heteroatoms. The number of nitrogens with zero attached hydrogens (tertiary/aromatic N) is 1. The second-order valence-electron chi connectivity index (χ2n) is 5.61. The first-order chi connectivity index (χ1) is 7.29. The minimum atomic E-state index is 0.102. The molecule has 0 saturated carbocycles. The molecule has 1 unspecified atom stereocenters. The molecule has 0 spiro atoms. The summed E-state index contributed by atoms with van der Waals surface area (Å²) in [5.74, 6) is 0. The van der Waals surface area contributed by atoms with Gasteiger partial charge < -0.3 is 15.0 Å². The first-order valence-corrected chi connectivity index (χ1v) is 6.32. The van der Waals surface area contributed by atoms with E-state index in [4.69, 9.17) is 4.74 Å². The fourth-order valence-electron chi connectivity index (χ4n) is 1.14. The zero-order chi connectivity index (χ0) is 12.8. The molecule has 0 aliphatic rings. The number of ether oxygens (including phenoxy) is 1. The number of rotatable bonds is 8. The van der Waals surface area contributed by atoms with Crippen LogP contribution in [0.25, 0.3) is 0 Å². The van der Waals surface area contributed by atoms with Crippen LogP contribution in [0.1, 0.15) is 41.0 Å². The highest BCUT2D eigenvalue weighted by Crippen LogP contribution is 2.12. The molecule has 1 atom stereocenters. The van der Waals surface area contributed by atoms with E-state index in [-0.39, 0.29) is 5.54 Å².